The van der Waals surface area contributed by atoms with Gasteiger partial charge in [0.15, 0.2) is 0 Å². The molecule has 4 aromatic rings. The second-order valence-corrected chi connectivity index (χ2v) is 16.7. The van der Waals surface area contributed by atoms with Gasteiger partial charge in [-0.3, -0.25) is 43.3 Å². The van der Waals surface area contributed by atoms with Crippen molar-refractivity contribution in [3.05, 3.63) is 132 Å². The Bertz CT molecular complexity index is 3660. The van der Waals surface area contributed by atoms with E-state index in [1.54, 1.807) is 6.92 Å². The van der Waals surface area contributed by atoms with E-state index in [0.29, 0.717) is 47.5 Å². The van der Waals surface area contributed by atoms with Crippen molar-refractivity contribution < 1.29 is 74.1 Å². The molecule has 0 atom stereocenters. The monoisotopic (exact) mass is 1190 g/mol. The Morgan fingerprint density at radius 3 is 0.759 bits per heavy atom. The quantitative estimate of drug-likeness (QED) is 0.0262. The Hall–Kier alpha value is -10.7. The van der Waals surface area contributed by atoms with Gasteiger partial charge in [-0.05, 0) is 20.3 Å². The molecule has 0 bridgehead atoms. The molecule has 456 valence electrons. The zero-order valence-corrected chi connectivity index (χ0v) is 44.4. The van der Waals surface area contributed by atoms with Gasteiger partial charge in [0, 0.05) is 78.1 Å². The molecule has 4 heterocycles. The number of carboxylic acid groups (broad SMARTS) is 7. The minimum atomic E-state index is -1.21. The molecule has 4 aromatic heterocycles. The van der Waals surface area contributed by atoms with Gasteiger partial charge in [-0.1, -0.05) is 13.5 Å². The average molecular weight is 1190 g/mol. The lowest BCUT2D eigenvalue weighted by Crippen LogP contribution is -2.54. The van der Waals surface area contributed by atoms with Crippen molar-refractivity contribution in [3.63, 3.8) is 0 Å². The van der Waals surface area contributed by atoms with Crippen LogP contribution in [0.15, 0.2) is 64.1 Å². The highest BCUT2D eigenvalue weighted by Crippen LogP contribution is 1.91. The van der Waals surface area contributed by atoms with Crippen LogP contribution in [0, 0.1) is 0 Å². The van der Waals surface area contributed by atoms with Gasteiger partial charge in [-0.25, -0.2) is 108 Å². The fourth-order valence-corrected chi connectivity index (χ4v) is 6.67. The van der Waals surface area contributed by atoms with Crippen LogP contribution >= 0.6 is 0 Å². The van der Waals surface area contributed by atoms with Gasteiger partial charge in [0.25, 0.3) is 0 Å². The average Bonchev–Trinajstić information content (AvgIpc) is 3.28. The number of hydrogen-bond donors (Lipinski definition) is 8. The van der Waals surface area contributed by atoms with Crippen LogP contribution in [0.5, 0.6) is 0 Å². The Kier molecular flexibility index (Phi) is 28.0. The van der Waals surface area contributed by atoms with Crippen LogP contribution in [0.2, 0.25) is 0 Å². The summed E-state index contributed by atoms with van der Waals surface area (Å²) in [6, 6.07) is 0. The first-order valence-electron chi connectivity index (χ1n) is 24.1. The van der Waals surface area contributed by atoms with Crippen LogP contribution in [-0.4, -0.2) is 139 Å². The van der Waals surface area contributed by atoms with Crippen LogP contribution in [0.1, 0.15) is 78.6 Å². The van der Waals surface area contributed by atoms with E-state index in [1.165, 1.54) is 13.8 Å². The second kappa shape index (κ2) is 33.1. The van der Waals surface area contributed by atoms with Crippen LogP contribution in [0.4, 0.5) is 0 Å². The molecule has 0 radical (unpaired) electrons. The zero-order chi connectivity index (χ0) is 63.7. The number of carbonyl (C=O) groups is 8. The Morgan fingerprint density at radius 2 is 0.542 bits per heavy atom. The van der Waals surface area contributed by atoms with Crippen molar-refractivity contribution in [2.75, 3.05) is 0 Å². The SMILES string of the molecule is C=Cn1c(=O)n(CCC(C)=O)c(=O)n(CCC(=O)O)c1=O.CCCn1c(=O)n(CCC(=O)O)c(=O)n(CCC(=O)O)c1=O.CCn1c(=O)n(CCC(=O)O)c(=O)n(CCC(=O)O)c1=O.O=C(O)CCn1c(=O)[nH]c(=O)n(CCC(=O)O)c1=O. The highest BCUT2D eigenvalue weighted by Gasteiger charge is 2.19. The van der Waals surface area contributed by atoms with Crippen molar-refractivity contribution in [2.24, 2.45) is 0 Å². The van der Waals surface area contributed by atoms with E-state index in [0.717, 1.165) is 15.3 Å². The molecule has 0 aliphatic carbocycles. The summed E-state index contributed by atoms with van der Waals surface area (Å²) < 4.78 is 7.14. The smallest absolute Gasteiger partial charge is 0.340 e. The fraction of sp³-hybridized carbons (Fsp3) is 0.500. The van der Waals surface area contributed by atoms with Crippen molar-refractivity contribution >= 4 is 53.8 Å². The van der Waals surface area contributed by atoms with Crippen LogP contribution in [0.25, 0.3) is 6.20 Å². The molecule has 0 unspecified atom stereocenters. The predicted octanol–water partition coefficient (Wildman–Crippen LogP) is -6.95. The lowest BCUT2D eigenvalue weighted by atomic mass is 10.3. The number of Topliss-reactive ketones (excluding diaryl/α,β-unsaturated/α-hetero) is 1. The van der Waals surface area contributed by atoms with Gasteiger partial charge in [-0.2, -0.15) is 0 Å². The van der Waals surface area contributed by atoms with Gasteiger partial charge in [0.2, 0.25) is 0 Å². The van der Waals surface area contributed by atoms with Crippen molar-refractivity contribution in [1.82, 2.24) is 55.2 Å². The first-order chi connectivity index (χ1) is 38.7. The van der Waals surface area contributed by atoms with Gasteiger partial charge >= 0.3 is 110 Å². The molecule has 39 nitrogen and oxygen atoms in total. The van der Waals surface area contributed by atoms with Crippen molar-refractivity contribution in [2.45, 2.75) is 144 Å². The molecule has 0 aliphatic heterocycles. The minimum absolute atomic E-state index is 0.0158. The van der Waals surface area contributed by atoms with Crippen LogP contribution < -0.4 is 68.3 Å². The molecule has 0 saturated carbocycles. The maximum absolute atomic E-state index is 12.1. The van der Waals surface area contributed by atoms with E-state index in [-0.39, 0.29) is 64.6 Å². The predicted molar refractivity (Wildman–Crippen MR) is 277 cm³/mol. The third kappa shape index (κ3) is 20.8. The van der Waals surface area contributed by atoms with Gasteiger partial charge < -0.3 is 35.7 Å². The molecule has 4 rings (SSSR count). The number of aromatic amines is 1. The van der Waals surface area contributed by atoms with E-state index in [1.807, 2.05) is 4.98 Å². The summed E-state index contributed by atoms with van der Waals surface area (Å²) in [4.78, 5) is 229. The Morgan fingerprint density at radius 1 is 0.337 bits per heavy atom. The number of nitrogens with one attached hydrogen (secondary N) is 1. The van der Waals surface area contributed by atoms with E-state index in [4.69, 9.17) is 35.7 Å². The number of ketones is 1. The van der Waals surface area contributed by atoms with Gasteiger partial charge in [0.05, 0.1) is 44.9 Å². The summed E-state index contributed by atoms with van der Waals surface area (Å²) >= 11 is 0. The Balaban J connectivity index is 0.000000554. The maximum atomic E-state index is 12.1. The third-order valence-electron chi connectivity index (χ3n) is 10.8. The molecule has 0 amide bonds. The summed E-state index contributed by atoms with van der Waals surface area (Å²) in [5, 5.41) is 60.1. The fourth-order valence-electron chi connectivity index (χ4n) is 6.67. The first-order valence-corrected chi connectivity index (χ1v) is 24.1. The minimum Gasteiger partial charge on any atom is -0.481 e. The number of aromatic nitrogens is 12. The molecule has 0 aliphatic rings. The van der Waals surface area contributed by atoms with Gasteiger partial charge in [0.1, 0.15) is 5.78 Å². The second-order valence-electron chi connectivity index (χ2n) is 16.7. The van der Waals surface area contributed by atoms with Crippen LogP contribution in [0.3, 0.4) is 0 Å². The highest BCUT2D eigenvalue weighted by molar-refractivity contribution is 5.75. The largest absolute Gasteiger partial charge is 0.481 e. The third-order valence-corrected chi connectivity index (χ3v) is 10.8. The molecule has 0 saturated heterocycles. The maximum Gasteiger partial charge on any atom is 0.340 e. The Labute approximate surface area is 458 Å². The molecule has 8 N–H and O–H groups in total. The van der Waals surface area contributed by atoms with E-state index in [2.05, 4.69) is 6.58 Å². The zero-order valence-electron chi connectivity index (χ0n) is 44.4. The first kappa shape index (κ1) is 70.4. The van der Waals surface area contributed by atoms with Crippen LogP contribution in [-0.2, 0) is 104 Å². The number of rotatable bonds is 28. The number of hydrogen-bond acceptors (Lipinski definition) is 20. The topological polar surface area (TPSA) is 553 Å². The number of carboxylic acids is 7. The summed E-state index contributed by atoms with van der Waals surface area (Å²) in [5.74, 6) is -8.64. The summed E-state index contributed by atoms with van der Waals surface area (Å²) in [7, 11) is 0. The summed E-state index contributed by atoms with van der Waals surface area (Å²) in [6.45, 7) is 4.96. The van der Waals surface area contributed by atoms with Crippen molar-refractivity contribution in [1.29, 1.82) is 0 Å². The standard InChI is InChI=1S/C12H17N3O7.C12H15N3O6.C11H15N3O7.C9H11N3O7/c1-2-5-13-10(20)14(6-3-8(16)17)12(22)15(11(13)21)7-4-9(18)19;1-3-13-10(19)14(6-4-8(2)16)12(21)15(11(13)20)7-5-9(17)18;1-2-12-9(19)13(5-3-7(15)16)11(21)14(10(12)20)6-4-8(17)18;13-5(14)1-3-11-7(17)10-8(18)12(9(11)19)4-2-6(15)16/h2-7H2,1H3,(H,16,17)(H,18,19);3H,1,4-7H2,2H3,(H,17,18);2-6H2,1H3,(H,15,16)(H,17,18);1-4H2,(H,13,14)(H,15,16)(H,10,17,18). The summed E-state index contributed by atoms with van der Waals surface area (Å²) in [5.41, 5.74) is -11.5. The number of aliphatic carboxylic acids is 7. The number of H-pyrrole nitrogens is 1. The van der Waals surface area contributed by atoms with Gasteiger partial charge in [-0.15, -0.1) is 0 Å². The highest BCUT2D eigenvalue weighted by atomic mass is 16.4. The lowest BCUT2D eigenvalue weighted by molar-refractivity contribution is -0.138. The number of nitrogens with zero attached hydrogens (tertiary/aromatic N) is 11. The molecule has 39 heteroatoms. The van der Waals surface area contributed by atoms with E-state index in [9.17, 15) is 95.9 Å². The molecular formula is C44H58N12O27. The molecule has 0 fully saturated rings. The molecule has 0 aromatic carbocycles. The molecular weight excluding hydrogens is 1130 g/mol. The van der Waals surface area contributed by atoms with E-state index >= 15 is 0 Å². The molecule has 83 heavy (non-hydrogen) atoms. The molecule has 0 spiro atoms. The normalized spacial score (nSPS) is 10.4. The van der Waals surface area contributed by atoms with Crippen molar-refractivity contribution in [3.8, 4) is 0 Å². The summed E-state index contributed by atoms with van der Waals surface area (Å²) in [6.07, 6.45) is -1.90. The van der Waals surface area contributed by atoms with E-state index < -0.39 is 168 Å². The lowest BCUT2D eigenvalue weighted by Gasteiger charge is -2.12. The number of carbonyl (C=O) groups excluding carboxylic acids is 1.